The van der Waals surface area contributed by atoms with E-state index in [1.54, 1.807) is 0 Å². The van der Waals surface area contributed by atoms with Crippen molar-refractivity contribution in [3.8, 4) is 5.75 Å². The smallest absolute Gasteiger partial charge is 0.276 e. The van der Waals surface area contributed by atoms with E-state index < -0.39 is 0 Å². The minimum absolute atomic E-state index is 0.0331. The van der Waals surface area contributed by atoms with Gasteiger partial charge in [-0.2, -0.15) is 0 Å². The Morgan fingerprint density at radius 3 is 2.83 bits per heavy atom. The maximum absolute atomic E-state index is 13.5. The fraction of sp³-hybridized carbons (Fsp3) is 0.435. The molecule has 3 aromatic rings. The van der Waals surface area contributed by atoms with E-state index in [1.807, 2.05) is 60.5 Å². The molecule has 4 rings (SSSR count). The average Bonchev–Trinajstić information content (AvgIpc) is 3.06. The second-order valence-electron chi connectivity index (χ2n) is 7.82. The van der Waals surface area contributed by atoms with Gasteiger partial charge in [-0.15, -0.1) is 0 Å². The molecule has 0 aliphatic carbocycles. The Kier molecular flexibility index (Phi) is 5.95. The zero-order valence-electron chi connectivity index (χ0n) is 17.7. The summed E-state index contributed by atoms with van der Waals surface area (Å²) >= 11 is 6.64. The van der Waals surface area contributed by atoms with Gasteiger partial charge in [0, 0.05) is 30.9 Å². The maximum atomic E-state index is 13.5. The van der Waals surface area contributed by atoms with Crippen LogP contribution in [0.2, 0.25) is 5.15 Å². The summed E-state index contributed by atoms with van der Waals surface area (Å²) < 4.78 is 7.60. The van der Waals surface area contributed by atoms with Crippen LogP contribution in [0.1, 0.15) is 53.6 Å². The van der Waals surface area contributed by atoms with Crippen LogP contribution < -0.4 is 4.74 Å². The highest BCUT2D eigenvalue weighted by molar-refractivity contribution is 6.30. The van der Waals surface area contributed by atoms with Gasteiger partial charge in [0.2, 0.25) is 0 Å². The van der Waals surface area contributed by atoms with Gasteiger partial charge in [-0.25, -0.2) is 9.97 Å². The first-order valence-electron chi connectivity index (χ1n) is 10.5. The first kappa shape index (κ1) is 20.7. The molecule has 1 amide bonds. The van der Waals surface area contributed by atoms with Gasteiger partial charge in [0.1, 0.15) is 10.8 Å². The average molecular weight is 427 g/mol. The van der Waals surface area contributed by atoms with Gasteiger partial charge in [-0.1, -0.05) is 17.7 Å². The van der Waals surface area contributed by atoms with Crippen LogP contribution in [0.5, 0.6) is 5.75 Å². The van der Waals surface area contributed by atoms with Crippen LogP contribution in [0.4, 0.5) is 0 Å². The van der Waals surface area contributed by atoms with Gasteiger partial charge in [0.05, 0.1) is 12.3 Å². The van der Waals surface area contributed by atoms with E-state index in [4.69, 9.17) is 21.3 Å². The molecule has 0 N–H and O–H groups in total. The number of imidazole rings is 1. The SMILES string of the molecule is CCOc1ccc(C)nc1C(=O)N1CCCC[C@H]1Cc1nc2c(C)cccn2c1Cl. The van der Waals surface area contributed by atoms with Crippen molar-refractivity contribution in [2.45, 2.75) is 52.5 Å². The highest BCUT2D eigenvalue weighted by atomic mass is 35.5. The van der Waals surface area contributed by atoms with Crippen LogP contribution in [0.15, 0.2) is 30.5 Å². The van der Waals surface area contributed by atoms with Crippen LogP contribution in [0.3, 0.4) is 0 Å². The molecule has 0 spiro atoms. The number of amides is 1. The fourth-order valence-corrected chi connectivity index (χ4v) is 4.42. The number of ether oxygens (including phenoxy) is 1. The van der Waals surface area contributed by atoms with E-state index in [-0.39, 0.29) is 11.9 Å². The van der Waals surface area contributed by atoms with Crippen LogP contribution in [-0.2, 0) is 6.42 Å². The fourth-order valence-electron chi connectivity index (χ4n) is 4.16. The third-order valence-corrected chi connectivity index (χ3v) is 6.07. The Balaban J connectivity index is 1.64. The van der Waals surface area contributed by atoms with Crippen molar-refractivity contribution >= 4 is 23.2 Å². The minimum Gasteiger partial charge on any atom is -0.491 e. The Hall–Kier alpha value is -2.60. The zero-order valence-corrected chi connectivity index (χ0v) is 18.4. The molecule has 4 heterocycles. The van der Waals surface area contributed by atoms with Crippen molar-refractivity contribution in [1.29, 1.82) is 0 Å². The summed E-state index contributed by atoms with van der Waals surface area (Å²) in [6.07, 6.45) is 5.54. The largest absolute Gasteiger partial charge is 0.491 e. The number of carbonyl (C=O) groups is 1. The Morgan fingerprint density at radius 1 is 1.23 bits per heavy atom. The second kappa shape index (κ2) is 8.64. The van der Waals surface area contributed by atoms with Crippen molar-refractivity contribution in [2.24, 2.45) is 0 Å². The number of likely N-dealkylation sites (tertiary alicyclic amines) is 1. The molecule has 7 heteroatoms. The summed E-state index contributed by atoms with van der Waals surface area (Å²) in [5.41, 5.74) is 3.96. The molecule has 3 aromatic heterocycles. The van der Waals surface area contributed by atoms with Crippen LogP contribution in [0.25, 0.3) is 5.65 Å². The van der Waals surface area contributed by atoms with E-state index in [9.17, 15) is 4.79 Å². The molecule has 1 aliphatic heterocycles. The lowest BCUT2D eigenvalue weighted by Gasteiger charge is -2.35. The number of carbonyl (C=O) groups excluding carboxylic acids is 1. The van der Waals surface area contributed by atoms with E-state index >= 15 is 0 Å². The lowest BCUT2D eigenvalue weighted by atomic mass is 9.97. The molecule has 0 radical (unpaired) electrons. The number of aromatic nitrogens is 3. The highest BCUT2D eigenvalue weighted by Crippen LogP contribution is 2.28. The Morgan fingerprint density at radius 2 is 2.07 bits per heavy atom. The van der Waals surface area contributed by atoms with Crippen LogP contribution in [0, 0.1) is 13.8 Å². The summed E-state index contributed by atoms with van der Waals surface area (Å²) in [7, 11) is 0. The lowest BCUT2D eigenvalue weighted by molar-refractivity contribution is 0.0601. The van der Waals surface area contributed by atoms with Gasteiger partial charge in [-0.05, 0) is 63.8 Å². The molecule has 0 saturated carbocycles. The van der Waals surface area contributed by atoms with Gasteiger partial charge in [0.15, 0.2) is 11.4 Å². The predicted molar refractivity (Wildman–Crippen MR) is 117 cm³/mol. The number of fused-ring (bicyclic) bond motifs is 1. The monoisotopic (exact) mass is 426 g/mol. The first-order chi connectivity index (χ1) is 14.5. The van der Waals surface area contributed by atoms with Crippen LogP contribution >= 0.6 is 11.6 Å². The third-order valence-electron chi connectivity index (χ3n) is 5.67. The second-order valence-corrected chi connectivity index (χ2v) is 8.18. The molecule has 1 atom stereocenters. The number of rotatable bonds is 5. The minimum atomic E-state index is -0.0806. The molecule has 1 saturated heterocycles. The summed E-state index contributed by atoms with van der Waals surface area (Å²) in [6, 6.07) is 7.73. The number of pyridine rings is 2. The molecule has 0 bridgehead atoms. The number of halogens is 1. The summed E-state index contributed by atoms with van der Waals surface area (Å²) in [6.45, 7) is 7.01. The Labute approximate surface area is 181 Å². The van der Waals surface area contributed by atoms with Crippen molar-refractivity contribution < 1.29 is 9.53 Å². The summed E-state index contributed by atoms with van der Waals surface area (Å²) in [4.78, 5) is 24.7. The van der Waals surface area contributed by atoms with Gasteiger partial charge in [0.25, 0.3) is 5.91 Å². The lowest BCUT2D eigenvalue weighted by Crippen LogP contribution is -2.45. The van der Waals surface area contributed by atoms with Gasteiger partial charge < -0.3 is 9.64 Å². The molecule has 1 aliphatic rings. The molecular weight excluding hydrogens is 400 g/mol. The van der Waals surface area contributed by atoms with Crippen molar-refractivity contribution in [3.63, 3.8) is 0 Å². The van der Waals surface area contributed by atoms with Gasteiger partial charge in [-0.3, -0.25) is 9.20 Å². The number of hydrogen-bond acceptors (Lipinski definition) is 4. The molecule has 158 valence electrons. The van der Waals surface area contributed by atoms with Crippen LogP contribution in [-0.4, -0.2) is 44.4 Å². The molecular formula is C23H27ClN4O2. The standard InChI is InChI=1S/C23H27ClN4O2/c1-4-30-19-11-10-16(3)25-20(19)23(29)27-12-6-5-9-17(27)14-18-21(24)28-13-7-8-15(2)22(28)26-18/h7-8,10-11,13,17H,4-6,9,12,14H2,1-3H3/t17-/m0/s1. The molecule has 0 unspecified atom stereocenters. The van der Waals surface area contributed by atoms with Crippen molar-refractivity contribution in [2.75, 3.05) is 13.2 Å². The molecule has 0 aromatic carbocycles. The maximum Gasteiger partial charge on any atom is 0.276 e. The number of piperidine rings is 1. The Bertz CT molecular complexity index is 1080. The molecule has 6 nitrogen and oxygen atoms in total. The van der Waals surface area contributed by atoms with E-state index in [0.29, 0.717) is 36.2 Å². The quantitative estimate of drug-likeness (QED) is 0.596. The first-order valence-corrected chi connectivity index (χ1v) is 10.9. The topological polar surface area (TPSA) is 59.7 Å². The summed E-state index contributed by atoms with van der Waals surface area (Å²) in [5, 5.41) is 0.621. The van der Waals surface area contributed by atoms with E-state index in [1.165, 1.54) is 0 Å². The van der Waals surface area contributed by atoms with Crippen molar-refractivity contribution in [1.82, 2.24) is 19.3 Å². The zero-order chi connectivity index (χ0) is 21.3. The predicted octanol–water partition coefficient (Wildman–Crippen LogP) is 4.64. The normalized spacial score (nSPS) is 16.8. The number of aryl methyl sites for hydroxylation is 2. The van der Waals surface area contributed by atoms with Gasteiger partial charge >= 0.3 is 0 Å². The summed E-state index contributed by atoms with van der Waals surface area (Å²) in [5.74, 6) is 0.460. The van der Waals surface area contributed by atoms with E-state index in [0.717, 1.165) is 41.9 Å². The number of hydrogen-bond donors (Lipinski definition) is 0. The molecule has 1 fully saturated rings. The number of nitrogens with zero attached hydrogens (tertiary/aromatic N) is 4. The van der Waals surface area contributed by atoms with Crippen molar-refractivity contribution in [3.05, 3.63) is 58.3 Å². The molecule has 30 heavy (non-hydrogen) atoms. The third kappa shape index (κ3) is 3.88. The highest BCUT2D eigenvalue weighted by Gasteiger charge is 2.31. The van der Waals surface area contributed by atoms with E-state index in [2.05, 4.69) is 4.98 Å².